The fraction of sp³-hybridized carbons (Fsp3) is 0.233. The Bertz CT molecular complexity index is 1500. The molecule has 0 amide bonds. The van der Waals surface area contributed by atoms with Crippen molar-refractivity contribution in [1.82, 2.24) is 0 Å². The van der Waals surface area contributed by atoms with Crippen LogP contribution in [0.4, 0.5) is 4.39 Å². The Kier molecular flexibility index (Phi) is 6.28. The van der Waals surface area contributed by atoms with E-state index in [0.29, 0.717) is 5.22 Å². The van der Waals surface area contributed by atoms with Gasteiger partial charge in [0.25, 0.3) is 0 Å². The van der Waals surface area contributed by atoms with Crippen molar-refractivity contribution in [3.05, 3.63) is 109 Å². The summed E-state index contributed by atoms with van der Waals surface area (Å²) >= 11 is 5.93. The maximum atomic E-state index is 14.3. The summed E-state index contributed by atoms with van der Waals surface area (Å²) in [6, 6.07) is 16.4. The number of aliphatic imine (C=N–C) groups is 1. The Morgan fingerprint density at radius 2 is 1.73 bits per heavy atom. The average molecular weight is 456 g/mol. The number of benzene rings is 3. The van der Waals surface area contributed by atoms with Gasteiger partial charge in [0.05, 0.1) is 5.02 Å². The lowest BCUT2D eigenvalue weighted by Crippen LogP contribution is -2.23. The maximum absolute atomic E-state index is 14.3. The minimum Gasteiger partial charge on any atom is -0.269 e. The molecule has 0 fully saturated rings. The number of fused-ring (bicyclic) bond motifs is 5. The predicted octanol–water partition coefficient (Wildman–Crippen LogP) is 6.28. The van der Waals surface area contributed by atoms with Crippen molar-refractivity contribution in [3.8, 4) is 0 Å². The normalized spacial score (nSPS) is 15.2. The molecule has 0 spiro atoms. The lowest BCUT2D eigenvalue weighted by atomic mass is 9.85. The topological polar surface area (TPSA) is 12.4 Å². The van der Waals surface area contributed by atoms with Gasteiger partial charge in [-0.05, 0) is 82.2 Å². The highest BCUT2D eigenvalue weighted by atomic mass is 35.5. The van der Waals surface area contributed by atoms with Crippen molar-refractivity contribution in [2.45, 2.75) is 45.4 Å². The first kappa shape index (κ1) is 21.9. The van der Waals surface area contributed by atoms with Crippen molar-refractivity contribution < 1.29 is 4.39 Å². The molecule has 0 atom stereocenters. The number of halogens is 2. The molecule has 166 valence electrons. The van der Waals surface area contributed by atoms with Crippen LogP contribution in [0.2, 0.25) is 5.02 Å². The van der Waals surface area contributed by atoms with Gasteiger partial charge >= 0.3 is 0 Å². The van der Waals surface area contributed by atoms with Gasteiger partial charge in [-0.3, -0.25) is 4.99 Å². The minimum absolute atomic E-state index is 0.206. The van der Waals surface area contributed by atoms with Gasteiger partial charge in [0.2, 0.25) is 0 Å². The fourth-order valence-electron chi connectivity index (χ4n) is 5.20. The number of hydrogen-bond donors (Lipinski definition) is 0. The summed E-state index contributed by atoms with van der Waals surface area (Å²) in [5.41, 5.74) is 7.07. The van der Waals surface area contributed by atoms with E-state index in [0.717, 1.165) is 30.9 Å². The Labute approximate surface area is 199 Å². The zero-order valence-corrected chi connectivity index (χ0v) is 19.6. The molecule has 1 nitrogen and oxygen atoms in total. The molecule has 1 heterocycles. The van der Waals surface area contributed by atoms with Crippen LogP contribution in [0.25, 0.3) is 17.7 Å². The van der Waals surface area contributed by atoms with Gasteiger partial charge in [0.15, 0.2) is 0 Å². The number of nitrogens with zero attached hydrogens (tertiary/aromatic N) is 1. The molecule has 3 aliphatic rings. The van der Waals surface area contributed by atoms with E-state index in [9.17, 15) is 4.39 Å². The van der Waals surface area contributed by atoms with Gasteiger partial charge in [-0.2, -0.15) is 0 Å². The van der Waals surface area contributed by atoms with Crippen LogP contribution in [0.15, 0.2) is 59.7 Å². The third-order valence-corrected chi connectivity index (χ3v) is 7.18. The SMILES string of the molecule is C1=Cc2ccccc2CC=N1.CCC1=c2ccc3c(c2CCC1)CC=c1c(F)c(Cl)ccc1=3. The predicted molar refractivity (Wildman–Crippen MR) is 137 cm³/mol. The van der Waals surface area contributed by atoms with Crippen LogP contribution in [-0.2, 0) is 19.3 Å². The van der Waals surface area contributed by atoms with E-state index < -0.39 is 0 Å². The first-order valence-electron chi connectivity index (χ1n) is 11.7. The van der Waals surface area contributed by atoms with Crippen LogP contribution in [0.5, 0.6) is 0 Å². The number of hydrogen-bond acceptors (Lipinski definition) is 1. The Morgan fingerprint density at radius 1 is 0.909 bits per heavy atom. The van der Waals surface area contributed by atoms with Gasteiger partial charge in [-0.1, -0.05) is 72.6 Å². The molecule has 0 radical (unpaired) electrons. The highest BCUT2D eigenvalue weighted by molar-refractivity contribution is 6.30. The molecule has 3 heteroatoms. The molecule has 1 aliphatic heterocycles. The van der Waals surface area contributed by atoms with Gasteiger partial charge in [-0.25, -0.2) is 4.39 Å². The first-order chi connectivity index (χ1) is 16.2. The largest absolute Gasteiger partial charge is 0.269 e. The molecule has 0 aromatic heterocycles. The van der Waals surface area contributed by atoms with Crippen molar-refractivity contribution in [1.29, 1.82) is 0 Å². The van der Waals surface area contributed by atoms with E-state index in [1.54, 1.807) is 11.6 Å². The van der Waals surface area contributed by atoms with Crippen LogP contribution >= 0.6 is 11.6 Å². The third kappa shape index (κ3) is 4.20. The standard InChI is InChI=1S/C20H18ClF.C10H9N/c1-2-12-4-3-5-14-13(12)6-7-16-15(14)8-9-18-17(16)10-11-19(21)20(18)22;1-2-4-10-6-8-11-7-5-9(10)3-1/h6-7,9-11H,2-5,8H2,1H3;1-5,7-8H,6H2. The smallest absolute Gasteiger partial charge is 0.149 e. The van der Waals surface area contributed by atoms with Crippen molar-refractivity contribution >= 4 is 35.5 Å². The Morgan fingerprint density at radius 3 is 2.61 bits per heavy atom. The molecule has 0 saturated heterocycles. The molecule has 0 unspecified atom stereocenters. The average Bonchev–Trinajstić information content (AvgIpc) is 3.11. The van der Waals surface area contributed by atoms with E-state index in [1.807, 2.05) is 30.6 Å². The van der Waals surface area contributed by atoms with Crippen LogP contribution in [0.3, 0.4) is 0 Å². The van der Waals surface area contributed by atoms with Gasteiger partial charge in [-0.15, -0.1) is 0 Å². The fourth-order valence-corrected chi connectivity index (χ4v) is 5.36. The molecule has 0 bridgehead atoms. The molecule has 3 aromatic rings. The Hall–Kier alpha value is -2.97. The van der Waals surface area contributed by atoms with Crippen molar-refractivity contribution in [2.75, 3.05) is 0 Å². The summed E-state index contributed by atoms with van der Waals surface area (Å²) in [5, 5.41) is 4.48. The Balaban J connectivity index is 0.000000174. The summed E-state index contributed by atoms with van der Waals surface area (Å²) in [7, 11) is 0. The molecule has 0 saturated carbocycles. The zero-order chi connectivity index (χ0) is 22.8. The van der Waals surface area contributed by atoms with Gasteiger partial charge < -0.3 is 0 Å². The summed E-state index contributed by atoms with van der Waals surface area (Å²) in [5.74, 6) is -0.289. The van der Waals surface area contributed by atoms with Crippen molar-refractivity contribution in [3.63, 3.8) is 0 Å². The summed E-state index contributed by atoms with van der Waals surface area (Å²) < 4.78 is 14.3. The highest BCUT2D eigenvalue weighted by Gasteiger charge is 2.16. The number of rotatable bonds is 1. The molecule has 0 N–H and O–H groups in total. The van der Waals surface area contributed by atoms with E-state index in [4.69, 9.17) is 11.6 Å². The van der Waals surface area contributed by atoms with E-state index in [2.05, 4.69) is 48.3 Å². The molecule has 2 aliphatic carbocycles. The molecule has 6 rings (SSSR count). The molecular weight excluding hydrogens is 429 g/mol. The quantitative estimate of drug-likeness (QED) is 0.409. The van der Waals surface area contributed by atoms with Gasteiger partial charge in [0.1, 0.15) is 5.82 Å². The lowest BCUT2D eigenvalue weighted by molar-refractivity contribution is 0.617. The van der Waals surface area contributed by atoms with Gasteiger partial charge in [0, 0.05) is 24.1 Å². The second-order valence-corrected chi connectivity index (χ2v) is 9.12. The first-order valence-corrected chi connectivity index (χ1v) is 12.1. The summed E-state index contributed by atoms with van der Waals surface area (Å²) in [6.45, 7) is 2.24. The van der Waals surface area contributed by atoms with E-state index >= 15 is 0 Å². The third-order valence-electron chi connectivity index (χ3n) is 6.89. The maximum Gasteiger partial charge on any atom is 0.149 e. The van der Waals surface area contributed by atoms with E-state index in [-0.39, 0.29) is 10.8 Å². The summed E-state index contributed by atoms with van der Waals surface area (Å²) in [6.07, 6.45) is 14.3. The van der Waals surface area contributed by atoms with Crippen LogP contribution in [-0.4, -0.2) is 6.21 Å². The molecule has 33 heavy (non-hydrogen) atoms. The van der Waals surface area contributed by atoms with Crippen LogP contribution < -0.4 is 10.4 Å². The lowest BCUT2D eigenvalue weighted by Gasteiger charge is -2.20. The zero-order valence-electron chi connectivity index (χ0n) is 18.9. The minimum atomic E-state index is -0.289. The second kappa shape index (κ2) is 9.49. The highest BCUT2D eigenvalue weighted by Crippen LogP contribution is 2.23. The second-order valence-electron chi connectivity index (χ2n) is 8.71. The summed E-state index contributed by atoms with van der Waals surface area (Å²) in [4.78, 5) is 4.08. The molecule has 3 aromatic carbocycles. The van der Waals surface area contributed by atoms with Crippen molar-refractivity contribution in [2.24, 2.45) is 4.99 Å². The van der Waals surface area contributed by atoms with Crippen LogP contribution in [0.1, 0.15) is 48.4 Å². The van der Waals surface area contributed by atoms with E-state index in [1.165, 1.54) is 45.5 Å². The van der Waals surface area contributed by atoms with Crippen LogP contribution in [0, 0.1) is 16.3 Å². The molecular formula is C30H27ClFN. The monoisotopic (exact) mass is 455 g/mol.